The minimum absolute atomic E-state index is 0.0864. The van der Waals surface area contributed by atoms with E-state index in [1.807, 2.05) is 0 Å². The van der Waals surface area contributed by atoms with Crippen LogP contribution in [0.5, 0.6) is 46.0 Å². The molecule has 2 aromatic carbocycles. The van der Waals surface area contributed by atoms with Gasteiger partial charge in [-0.1, -0.05) is 0 Å². The van der Waals surface area contributed by atoms with E-state index in [-0.39, 0.29) is 45.0 Å². The van der Waals surface area contributed by atoms with Gasteiger partial charge in [-0.2, -0.15) is 0 Å². The van der Waals surface area contributed by atoms with Gasteiger partial charge in [-0.15, -0.1) is 26.3 Å². The van der Waals surface area contributed by atoms with Gasteiger partial charge >= 0.3 is 18.7 Å². The number of aromatic nitrogens is 4. The summed E-state index contributed by atoms with van der Waals surface area (Å²) < 4.78 is 163. The number of ether oxygens (including phenoxy) is 7. The second kappa shape index (κ2) is 21.3. The predicted molar refractivity (Wildman–Crippen MR) is 211 cm³/mol. The monoisotopic (exact) mass is 1020 g/mol. The van der Waals surface area contributed by atoms with Crippen LogP contribution in [0.2, 0.25) is 0 Å². The molecule has 0 saturated carbocycles. The van der Waals surface area contributed by atoms with Crippen LogP contribution in [0.25, 0.3) is 0 Å². The number of pyridine rings is 4. The maximum absolute atomic E-state index is 14.5. The third-order valence-electron chi connectivity index (χ3n) is 7.87. The van der Waals surface area contributed by atoms with Gasteiger partial charge in [0.2, 0.25) is 0 Å². The fourth-order valence-corrected chi connectivity index (χ4v) is 5.44. The van der Waals surface area contributed by atoms with Crippen molar-refractivity contribution >= 4 is 45.3 Å². The Labute approximate surface area is 376 Å². The van der Waals surface area contributed by atoms with Crippen molar-refractivity contribution in [1.82, 2.24) is 19.9 Å². The second-order valence-corrected chi connectivity index (χ2v) is 13.1. The molecule has 0 aliphatic rings. The number of amides is 2. The highest BCUT2D eigenvalue weighted by molar-refractivity contribution is 9.10. The summed E-state index contributed by atoms with van der Waals surface area (Å²) in [5.74, 6) is -10.3. The highest BCUT2D eigenvalue weighted by Crippen LogP contribution is 2.39. The van der Waals surface area contributed by atoms with E-state index in [0.717, 1.165) is 101 Å². The van der Waals surface area contributed by atoms with Gasteiger partial charge in [0.05, 0.1) is 46.1 Å². The molecule has 4 aromatic heterocycles. The Balaban J connectivity index is 0.000000252. The SMILES string of the molecule is COC(=O)c1nc(NC(=O)c2c(F)cncc2Oc2ccc(OC(F)(F)F)cc2OC)ccc1F.COc1cc(OC(F)(F)F)ccc1Oc1cncc(F)c1C(=O)Nc1ccc(F)c(Br)n1. The summed E-state index contributed by atoms with van der Waals surface area (Å²) in [7, 11) is 3.30. The maximum Gasteiger partial charge on any atom is 0.573 e. The second-order valence-electron chi connectivity index (χ2n) is 12.3. The van der Waals surface area contributed by atoms with Crippen LogP contribution in [0.15, 0.2) is 90.1 Å². The van der Waals surface area contributed by atoms with Crippen LogP contribution in [0.1, 0.15) is 31.2 Å². The fraction of sp³-hybridized carbons (Fsp3) is 0.125. The minimum Gasteiger partial charge on any atom is -0.493 e. The van der Waals surface area contributed by atoms with Crippen LogP contribution in [0.3, 0.4) is 0 Å². The lowest BCUT2D eigenvalue weighted by molar-refractivity contribution is -0.275. The van der Waals surface area contributed by atoms with Gasteiger partial charge in [-0.05, 0) is 64.5 Å². The molecule has 0 unspecified atom stereocenters. The molecule has 0 bridgehead atoms. The molecule has 0 saturated heterocycles. The summed E-state index contributed by atoms with van der Waals surface area (Å²) in [4.78, 5) is 51.6. The molecule has 0 fully saturated rings. The van der Waals surface area contributed by atoms with E-state index >= 15 is 0 Å². The molecule has 16 nitrogen and oxygen atoms in total. The lowest BCUT2D eigenvalue weighted by Gasteiger charge is -2.15. The molecule has 2 N–H and O–H groups in total. The lowest BCUT2D eigenvalue weighted by Crippen LogP contribution is -2.18. The quantitative estimate of drug-likeness (QED) is 0.0631. The summed E-state index contributed by atoms with van der Waals surface area (Å²) in [5.41, 5.74) is -1.98. The van der Waals surface area contributed by atoms with Crippen molar-refractivity contribution in [1.29, 1.82) is 0 Å². The fourth-order valence-electron chi connectivity index (χ4n) is 5.12. The van der Waals surface area contributed by atoms with Crippen molar-refractivity contribution in [2.24, 2.45) is 0 Å². The highest BCUT2D eigenvalue weighted by Gasteiger charge is 2.33. The third-order valence-corrected chi connectivity index (χ3v) is 8.43. The Morgan fingerprint density at radius 1 is 0.537 bits per heavy atom. The molecule has 0 aliphatic carbocycles. The van der Waals surface area contributed by atoms with Crippen LogP contribution in [0.4, 0.5) is 55.5 Å². The molecular formula is C40H25BrF10N6O10. The number of rotatable bonds is 13. The zero-order valence-electron chi connectivity index (χ0n) is 33.6. The molecule has 0 atom stereocenters. The molecule has 6 aromatic rings. The van der Waals surface area contributed by atoms with Gasteiger partial charge in [-0.25, -0.2) is 32.3 Å². The first-order valence-electron chi connectivity index (χ1n) is 17.8. The number of nitrogens with one attached hydrogen (secondary N) is 2. The van der Waals surface area contributed by atoms with Gasteiger partial charge in [0.1, 0.15) is 38.9 Å². The molecular weight excluding hydrogens is 994 g/mol. The Hall–Kier alpha value is -7.97. The molecule has 0 aliphatic heterocycles. The van der Waals surface area contributed by atoms with Gasteiger partial charge in [-0.3, -0.25) is 19.6 Å². The molecule has 27 heteroatoms. The summed E-state index contributed by atoms with van der Waals surface area (Å²) >= 11 is 2.86. The Morgan fingerprint density at radius 3 is 1.37 bits per heavy atom. The molecule has 67 heavy (non-hydrogen) atoms. The number of anilines is 2. The van der Waals surface area contributed by atoms with Crippen molar-refractivity contribution in [3.8, 4) is 46.0 Å². The summed E-state index contributed by atoms with van der Waals surface area (Å²) in [6.07, 6.45) is -6.42. The van der Waals surface area contributed by atoms with E-state index in [2.05, 4.69) is 60.7 Å². The normalized spacial score (nSPS) is 11.0. The predicted octanol–water partition coefficient (Wildman–Crippen LogP) is 9.96. The van der Waals surface area contributed by atoms with Gasteiger partial charge in [0.15, 0.2) is 63.5 Å². The largest absolute Gasteiger partial charge is 0.573 e. The smallest absolute Gasteiger partial charge is 0.493 e. The first-order chi connectivity index (χ1) is 31.6. The number of benzene rings is 2. The summed E-state index contributed by atoms with van der Waals surface area (Å²) in [5, 5.41) is 4.47. The molecule has 352 valence electrons. The van der Waals surface area contributed by atoms with E-state index in [1.54, 1.807) is 0 Å². The first-order valence-corrected chi connectivity index (χ1v) is 18.6. The number of carbonyl (C=O) groups is 3. The van der Waals surface area contributed by atoms with E-state index in [9.17, 15) is 58.3 Å². The standard InChI is InChI=1S/C21H14F5N3O6.C19H11BrF5N3O4/c1-32-14-7-10(35-21(24,25)26)3-5-13(14)34-15-9-27-8-12(23)17(15)19(30)29-16-6-4-11(22)18(28-16)20(31)33-2;1-30-13-6-9(32-19(23,24)25)2-4-12(13)31-14-8-26-7-11(22)16(14)18(29)28-15-5-3-10(21)17(20)27-15/h3-9H,1-2H3,(H,28,29,30);2-8H,1H3,(H,27,28,29). The van der Waals surface area contributed by atoms with E-state index in [0.29, 0.717) is 6.20 Å². The number of alkyl halides is 6. The van der Waals surface area contributed by atoms with E-state index in [1.165, 1.54) is 0 Å². The van der Waals surface area contributed by atoms with Crippen molar-refractivity contribution in [2.45, 2.75) is 12.7 Å². The average molecular weight is 1020 g/mol. The van der Waals surface area contributed by atoms with Crippen LogP contribution >= 0.6 is 15.9 Å². The zero-order valence-corrected chi connectivity index (χ0v) is 35.2. The molecule has 0 radical (unpaired) electrons. The Kier molecular flexibility index (Phi) is 15.9. The number of nitrogens with zero attached hydrogens (tertiary/aromatic N) is 4. The number of esters is 1. The van der Waals surface area contributed by atoms with Gasteiger partial charge < -0.3 is 43.8 Å². The number of hydrogen-bond acceptors (Lipinski definition) is 14. The molecule has 2 amide bonds. The van der Waals surface area contributed by atoms with Gasteiger partial charge in [0, 0.05) is 12.1 Å². The van der Waals surface area contributed by atoms with Crippen molar-refractivity contribution < 1.29 is 91.4 Å². The molecule has 4 heterocycles. The summed E-state index contributed by atoms with van der Waals surface area (Å²) in [6.45, 7) is 0. The van der Waals surface area contributed by atoms with Gasteiger partial charge in [0.25, 0.3) is 11.8 Å². The van der Waals surface area contributed by atoms with Crippen molar-refractivity contribution in [3.05, 3.63) is 130 Å². The number of carbonyl (C=O) groups excluding carboxylic acids is 3. The topological polar surface area (TPSA) is 191 Å². The van der Waals surface area contributed by atoms with Crippen LogP contribution in [-0.4, -0.2) is 71.8 Å². The number of hydrogen-bond donors (Lipinski definition) is 2. The molecule has 6 rings (SSSR count). The van der Waals surface area contributed by atoms with Crippen molar-refractivity contribution in [3.63, 3.8) is 0 Å². The maximum atomic E-state index is 14.5. The van der Waals surface area contributed by atoms with E-state index < -0.39 is 87.8 Å². The highest BCUT2D eigenvalue weighted by atomic mass is 79.9. The number of halogens is 11. The van der Waals surface area contributed by atoms with Crippen LogP contribution in [0, 0.1) is 23.3 Å². The lowest BCUT2D eigenvalue weighted by atomic mass is 10.2. The van der Waals surface area contributed by atoms with Crippen LogP contribution in [-0.2, 0) is 4.74 Å². The van der Waals surface area contributed by atoms with E-state index in [4.69, 9.17) is 18.9 Å². The average Bonchev–Trinajstić information content (AvgIpc) is 3.25. The number of methoxy groups -OCH3 is 3. The first kappa shape index (κ1) is 50.0. The van der Waals surface area contributed by atoms with Crippen molar-refractivity contribution in [2.75, 3.05) is 32.0 Å². The van der Waals surface area contributed by atoms with Crippen LogP contribution < -0.4 is 39.1 Å². The Bertz CT molecular complexity index is 2800. The Morgan fingerprint density at radius 2 is 0.970 bits per heavy atom. The molecule has 0 spiro atoms. The third kappa shape index (κ3) is 13.5. The zero-order chi connectivity index (χ0) is 49.2. The minimum atomic E-state index is -4.95. The summed E-state index contributed by atoms with van der Waals surface area (Å²) in [6, 6.07) is 9.77.